The van der Waals surface area contributed by atoms with Gasteiger partial charge < -0.3 is 29.8 Å². The van der Waals surface area contributed by atoms with Crippen molar-refractivity contribution < 1.29 is 37.8 Å². The molecule has 4 rings (SSSR count). The lowest BCUT2D eigenvalue weighted by Crippen LogP contribution is -2.43. The van der Waals surface area contributed by atoms with Crippen LogP contribution in [0.15, 0.2) is 42.5 Å². The van der Waals surface area contributed by atoms with Gasteiger partial charge in [-0.3, -0.25) is 9.36 Å². The van der Waals surface area contributed by atoms with Crippen LogP contribution < -0.4 is 5.32 Å². The normalized spacial score (nSPS) is 13.3. The van der Waals surface area contributed by atoms with E-state index in [1.54, 1.807) is 24.3 Å². The highest BCUT2D eigenvalue weighted by Gasteiger charge is 2.42. The topological polar surface area (TPSA) is 170 Å². The number of H-pyrrole nitrogens is 1. The number of halogens is 2. The number of benzene rings is 2. The van der Waals surface area contributed by atoms with Gasteiger partial charge in [-0.2, -0.15) is 8.78 Å². The zero-order valence-electron chi connectivity index (χ0n) is 17.4. The van der Waals surface area contributed by atoms with Crippen LogP contribution in [0.2, 0.25) is 0 Å². The van der Waals surface area contributed by atoms with Crippen molar-refractivity contribution in [1.82, 2.24) is 24.8 Å². The Labute approximate surface area is 189 Å². The Kier molecular flexibility index (Phi) is 5.72. The maximum absolute atomic E-state index is 15.3. The van der Waals surface area contributed by atoms with Gasteiger partial charge >= 0.3 is 19.5 Å². The van der Waals surface area contributed by atoms with E-state index < -0.39 is 49.2 Å². The molecule has 2 aromatic carbocycles. The van der Waals surface area contributed by atoms with Crippen LogP contribution >= 0.6 is 7.60 Å². The summed E-state index contributed by atoms with van der Waals surface area (Å²) in [4.78, 5) is 52.3. The second kappa shape index (κ2) is 8.28. The third-order valence-electron chi connectivity index (χ3n) is 5.13. The number of hydrogen-bond acceptors (Lipinski definition) is 5. The number of carbonyl (C=O) groups excluding carboxylic acids is 1. The molecule has 0 fully saturated rings. The minimum absolute atomic E-state index is 0.105. The number of alkyl halides is 2. The highest BCUT2D eigenvalue weighted by Crippen LogP contribution is 2.36. The van der Waals surface area contributed by atoms with Gasteiger partial charge in [0.15, 0.2) is 11.6 Å². The van der Waals surface area contributed by atoms with Gasteiger partial charge in [-0.15, -0.1) is 0 Å². The number of carboxylic acid groups (broad SMARTS) is 1. The van der Waals surface area contributed by atoms with Crippen LogP contribution in [0.5, 0.6) is 0 Å². The van der Waals surface area contributed by atoms with Crippen LogP contribution in [0.25, 0.3) is 22.1 Å². The fraction of sp³-hybridized carbons (Fsp3) is 0.200. The van der Waals surface area contributed by atoms with Gasteiger partial charge in [0.1, 0.15) is 6.04 Å². The number of nitrogens with one attached hydrogen (secondary N) is 2. The largest absolute Gasteiger partial charge is 0.480 e. The first kappa shape index (κ1) is 23.5. The predicted molar refractivity (Wildman–Crippen MR) is 116 cm³/mol. The molecule has 0 aliphatic heterocycles. The first-order valence-corrected chi connectivity index (χ1v) is 11.5. The minimum atomic E-state index is -4.73. The molecule has 178 valence electrons. The molecule has 0 spiro atoms. The Morgan fingerprint density at radius 2 is 1.88 bits per heavy atom. The first-order valence-electron chi connectivity index (χ1n) is 9.75. The van der Waals surface area contributed by atoms with E-state index in [1.165, 1.54) is 25.2 Å². The molecule has 1 atom stereocenters. The Morgan fingerprint density at radius 1 is 1.18 bits per heavy atom. The third kappa shape index (κ3) is 4.40. The van der Waals surface area contributed by atoms with Crippen molar-refractivity contribution in [1.29, 1.82) is 0 Å². The van der Waals surface area contributed by atoms with Crippen LogP contribution in [0.4, 0.5) is 8.78 Å². The second-order valence-corrected chi connectivity index (χ2v) is 9.28. The van der Waals surface area contributed by atoms with Crippen LogP contribution in [0.3, 0.4) is 0 Å². The molecule has 4 aromatic rings. The molecule has 5 N–H and O–H groups in total. The molecule has 14 heteroatoms. The number of aromatic nitrogens is 4. The predicted octanol–water partition coefficient (Wildman–Crippen LogP) is 1.95. The Bertz CT molecular complexity index is 1440. The summed E-state index contributed by atoms with van der Waals surface area (Å²) in [6.07, 6.45) is -1.10. The van der Waals surface area contributed by atoms with E-state index in [0.29, 0.717) is 11.0 Å². The molecule has 1 amide bonds. The summed E-state index contributed by atoms with van der Waals surface area (Å²) in [7, 11) is -3.40. The number of carbonyl (C=O) groups is 2. The fourth-order valence-corrected chi connectivity index (χ4v) is 4.21. The van der Waals surface area contributed by atoms with Crippen LogP contribution in [-0.2, 0) is 22.3 Å². The van der Waals surface area contributed by atoms with Gasteiger partial charge in [0.25, 0.3) is 5.91 Å². The number of aromatic amines is 1. The van der Waals surface area contributed by atoms with Crippen molar-refractivity contribution in [3.8, 4) is 0 Å². The van der Waals surface area contributed by atoms with E-state index in [-0.39, 0.29) is 16.6 Å². The highest BCUT2D eigenvalue weighted by atomic mass is 31.2. The van der Waals surface area contributed by atoms with Crippen molar-refractivity contribution >= 4 is 41.5 Å². The number of rotatable bonds is 7. The summed E-state index contributed by atoms with van der Waals surface area (Å²) < 4.78 is 42.8. The van der Waals surface area contributed by atoms with E-state index in [0.717, 1.165) is 4.57 Å². The number of amides is 1. The first-order chi connectivity index (χ1) is 15.9. The summed E-state index contributed by atoms with van der Waals surface area (Å²) >= 11 is 0. The number of aryl methyl sites for hydroxylation is 1. The maximum Gasteiger partial charge on any atom is 0.361 e. The van der Waals surface area contributed by atoms with E-state index in [2.05, 4.69) is 15.0 Å². The lowest BCUT2D eigenvalue weighted by atomic mass is 10.1. The molecule has 0 saturated carbocycles. The number of nitrogens with zero attached hydrogens (tertiary/aromatic N) is 3. The number of para-hydroxylation sites is 2. The second-order valence-electron chi connectivity index (χ2n) is 7.59. The zero-order chi connectivity index (χ0) is 24.8. The molecule has 34 heavy (non-hydrogen) atoms. The molecular weight excluding hydrogens is 475 g/mol. The van der Waals surface area contributed by atoms with Crippen molar-refractivity contribution in [2.75, 3.05) is 6.16 Å². The fourth-order valence-electron chi connectivity index (χ4n) is 3.48. The van der Waals surface area contributed by atoms with Crippen LogP contribution in [0, 0.1) is 0 Å². The summed E-state index contributed by atoms with van der Waals surface area (Å²) in [6, 6.07) is 8.47. The third-order valence-corrected chi connectivity index (χ3v) is 5.98. The number of fused-ring (bicyclic) bond motifs is 2. The van der Waals surface area contributed by atoms with Gasteiger partial charge in [-0.05, 0) is 30.3 Å². The number of hydrogen-bond donors (Lipinski definition) is 5. The summed E-state index contributed by atoms with van der Waals surface area (Å²) in [5.74, 6) is -7.43. The van der Waals surface area contributed by atoms with Crippen molar-refractivity contribution in [2.24, 2.45) is 7.05 Å². The Balaban J connectivity index is 1.68. The van der Waals surface area contributed by atoms with Crippen molar-refractivity contribution in [3.05, 3.63) is 59.7 Å². The standard InChI is InChI=1S/C20H18F2N5O6P/c1-27-15-8-10(16(28)23-14(17(29)30)9-34(31,32)33)6-7-13(15)26-19(27)20(21,22)18-24-11-4-2-3-5-12(11)25-18/h2-8,14H,9H2,1H3,(H,23,28)(H,24,25)(H,29,30)(H2,31,32,33). The average molecular weight is 493 g/mol. The van der Waals surface area contributed by atoms with Gasteiger partial charge in [0.05, 0.1) is 28.2 Å². The van der Waals surface area contributed by atoms with E-state index in [1.807, 2.05) is 5.32 Å². The van der Waals surface area contributed by atoms with Gasteiger partial charge in [-0.25, -0.2) is 14.8 Å². The van der Waals surface area contributed by atoms with Crippen LogP contribution in [-0.4, -0.2) is 58.5 Å². The quantitative estimate of drug-likeness (QED) is 0.243. The van der Waals surface area contributed by atoms with E-state index >= 15 is 8.78 Å². The van der Waals surface area contributed by atoms with Crippen molar-refractivity contribution in [3.63, 3.8) is 0 Å². The monoisotopic (exact) mass is 493 g/mol. The molecule has 0 radical (unpaired) electrons. The summed E-state index contributed by atoms with van der Waals surface area (Å²) in [6.45, 7) is 0. The molecule has 1 unspecified atom stereocenters. The van der Waals surface area contributed by atoms with E-state index in [4.69, 9.17) is 14.9 Å². The lowest BCUT2D eigenvalue weighted by Gasteiger charge is -2.15. The van der Waals surface area contributed by atoms with E-state index in [9.17, 15) is 14.2 Å². The molecule has 2 aromatic heterocycles. The van der Waals surface area contributed by atoms with Gasteiger partial charge in [0, 0.05) is 12.6 Å². The lowest BCUT2D eigenvalue weighted by molar-refractivity contribution is -0.138. The van der Waals surface area contributed by atoms with Gasteiger partial charge in [-0.1, -0.05) is 12.1 Å². The SMILES string of the molecule is Cn1c(C(F)(F)c2nc3ccccc3[nH]2)nc2ccc(C(=O)NC(CP(=O)(O)O)C(=O)O)cc21. The number of carboxylic acids is 1. The minimum Gasteiger partial charge on any atom is -0.480 e. The molecule has 0 aliphatic carbocycles. The summed E-state index contributed by atoms with van der Waals surface area (Å²) in [5, 5.41) is 11.2. The molecule has 0 bridgehead atoms. The highest BCUT2D eigenvalue weighted by molar-refractivity contribution is 7.51. The zero-order valence-corrected chi connectivity index (χ0v) is 18.3. The molecule has 2 heterocycles. The smallest absolute Gasteiger partial charge is 0.361 e. The van der Waals surface area contributed by atoms with Crippen molar-refractivity contribution in [2.45, 2.75) is 12.0 Å². The average Bonchev–Trinajstić information content (AvgIpc) is 3.34. The maximum atomic E-state index is 15.3. The molecule has 0 saturated heterocycles. The molecular formula is C20H18F2N5O6P. The number of imidazole rings is 2. The number of aliphatic carboxylic acids is 1. The Hall–Kier alpha value is -3.67. The van der Waals surface area contributed by atoms with Crippen LogP contribution in [0.1, 0.15) is 22.0 Å². The van der Waals surface area contributed by atoms with Gasteiger partial charge in [0.2, 0.25) is 0 Å². The molecule has 11 nitrogen and oxygen atoms in total. The Morgan fingerprint density at radius 3 is 2.53 bits per heavy atom. The summed E-state index contributed by atoms with van der Waals surface area (Å²) in [5.41, 5.74) is 0.984. The molecule has 0 aliphatic rings.